The molecule has 0 unspecified atom stereocenters. The van der Waals surface area contributed by atoms with Crippen LogP contribution in [-0.2, 0) is 11.3 Å². The van der Waals surface area contributed by atoms with E-state index in [1.807, 2.05) is 6.07 Å². The molecule has 0 fully saturated rings. The first-order valence-corrected chi connectivity index (χ1v) is 10.3. The van der Waals surface area contributed by atoms with Crippen molar-refractivity contribution >= 4 is 17.6 Å². The van der Waals surface area contributed by atoms with Gasteiger partial charge in [-0.25, -0.2) is 9.18 Å². The molecule has 4 aromatic rings. The van der Waals surface area contributed by atoms with Gasteiger partial charge in [0.1, 0.15) is 18.2 Å². The van der Waals surface area contributed by atoms with Gasteiger partial charge in [-0.1, -0.05) is 41.0 Å². The second kappa shape index (κ2) is 9.66. The van der Waals surface area contributed by atoms with E-state index in [1.165, 1.54) is 12.1 Å². The van der Waals surface area contributed by atoms with Crippen LogP contribution in [0.5, 0.6) is 5.75 Å². The molecule has 0 amide bonds. The van der Waals surface area contributed by atoms with Crippen molar-refractivity contribution in [1.29, 1.82) is 0 Å². The molecular formula is C25H19ClFNO4. The summed E-state index contributed by atoms with van der Waals surface area (Å²) < 4.78 is 29.7. The Hall–Kier alpha value is -3.64. The van der Waals surface area contributed by atoms with E-state index in [1.54, 1.807) is 61.5 Å². The molecule has 7 heteroatoms. The first kappa shape index (κ1) is 21.6. The molecule has 162 valence electrons. The predicted octanol–water partition coefficient (Wildman–Crippen LogP) is 6.56. The highest BCUT2D eigenvalue weighted by Crippen LogP contribution is 2.37. The lowest BCUT2D eigenvalue weighted by Crippen LogP contribution is -2.06. The average Bonchev–Trinajstić information content (AvgIpc) is 3.24. The Morgan fingerprint density at radius 3 is 2.53 bits per heavy atom. The van der Waals surface area contributed by atoms with E-state index in [2.05, 4.69) is 5.16 Å². The van der Waals surface area contributed by atoms with E-state index in [9.17, 15) is 9.18 Å². The van der Waals surface area contributed by atoms with Gasteiger partial charge in [0.05, 0.1) is 12.2 Å². The molecule has 0 saturated carbocycles. The number of nitrogens with zero attached hydrogens (tertiary/aromatic N) is 1. The molecule has 5 nitrogen and oxygen atoms in total. The Labute approximate surface area is 189 Å². The van der Waals surface area contributed by atoms with E-state index >= 15 is 0 Å². The van der Waals surface area contributed by atoms with Crippen molar-refractivity contribution in [3.8, 4) is 28.2 Å². The van der Waals surface area contributed by atoms with Gasteiger partial charge < -0.3 is 14.0 Å². The molecule has 3 aromatic carbocycles. The summed E-state index contributed by atoms with van der Waals surface area (Å²) in [6.07, 6.45) is 0. The molecular weight excluding hydrogens is 433 g/mol. The van der Waals surface area contributed by atoms with Gasteiger partial charge in [-0.3, -0.25) is 0 Å². The Morgan fingerprint density at radius 2 is 1.81 bits per heavy atom. The number of benzene rings is 3. The van der Waals surface area contributed by atoms with Crippen LogP contribution in [0.4, 0.5) is 4.39 Å². The van der Waals surface area contributed by atoms with Gasteiger partial charge in [0.25, 0.3) is 0 Å². The summed E-state index contributed by atoms with van der Waals surface area (Å²) in [4.78, 5) is 12.4. The van der Waals surface area contributed by atoms with Crippen molar-refractivity contribution in [2.24, 2.45) is 0 Å². The van der Waals surface area contributed by atoms with Crippen molar-refractivity contribution in [2.45, 2.75) is 13.5 Å². The molecule has 0 spiro atoms. The third kappa shape index (κ3) is 4.81. The third-order valence-electron chi connectivity index (χ3n) is 4.69. The first-order chi connectivity index (χ1) is 15.5. The number of hydrogen-bond donors (Lipinski definition) is 0. The first-order valence-electron chi connectivity index (χ1n) is 9.95. The number of hydrogen-bond acceptors (Lipinski definition) is 5. The molecule has 0 N–H and O–H groups in total. The summed E-state index contributed by atoms with van der Waals surface area (Å²) >= 11 is 6.16. The lowest BCUT2D eigenvalue weighted by atomic mass is 9.99. The smallest absolute Gasteiger partial charge is 0.361 e. The van der Waals surface area contributed by atoms with Gasteiger partial charge in [0.15, 0.2) is 11.5 Å². The fourth-order valence-corrected chi connectivity index (χ4v) is 3.42. The van der Waals surface area contributed by atoms with Gasteiger partial charge in [-0.2, -0.15) is 0 Å². The zero-order valence-electron chi connectivity index (χ0n) is 17.2. The van der Waals surface area contributed by atoms with E-state index < -0.39 is 5.97 Å². The summed E-state index contributed by atoms with van der Waals surface area (Å²) in [5.41, 5.74) is 2.69. The van der Waals surface area contributed by atoms with Gasteiger partial charge in [0, 0.05) is 10.6 Å². The average molecular weight is 452 g/mol. The fraction of sp³-hybridized carbons (Fsp3) is 0.120. The van der Waals surface area contributed by atoms with Crippen molar-refractivity contribution in [2.75, 3.05) is 6.61 Å². The molecule has 0 radical (unpaired) electrons. The number of esters is 1. The maximum atomic E-state index is 13.3. The third-order valence-corrected chi connectivity index (χ3v) is 4.92. The number of carbonyl (C=O) groups excluding carboxylic acids is 1. The number of halogens is 2. The standard InChI is InChI=1S/C25H19ClFNO4/c1-2-30-25(29)23-22(18-6-4-7-19(26)14-18)24(32-28-23)17-9-11-21(12-10-17)31-15-16-5-3-8-20(27)13-16/h3-14H,2,15H2,1H3. The topological polar surface area (TPSA) is 61.6 Å². The summed E-state index contributed by atoms with van der Waals surface area (Å²) in [7, 11) is 0. The second-order valence-corrected chi connectivity index (χ2v) is 7.35. The van der Waals surface area contributed by atoms with E-state index in [4.69, 9.17) is 25.6 Å². The summed E-state index contributed by atoms with van der Waals surface area (Å²) in [6.45, 7) is 2.17. The van der Waals surface area contributed by atoms with Crippen LogP contribution in [-0.4, -0.2) is 17.7 Å². The van der Waals surface area contributed by atoms with Crippen molar-refractivity contribution in [3.63, 3.8) is 0 Å². The van der Waals surface area contributed by atoms with Crippen LogP contribution in [0, 0.1) is 5.82 Å². The lowest BCUT2D eigenvalue weighted by Gasteiger charge is -2.08. The SMILES string of the molecule is CCOC(=O)c1noc(-c2ccc(OCc3cccc(F)c3)cc2)c1-c1cccc(Cl)c1. The number of ether oxygens (including phenoxy) is 2. The Kier molecular flexibility index (Phi) is 6.52. The van der Waals surface area contributed by atoms with Crippen molar-refractivity contribution in [1.82, 2.24) is 5.16 Å². The number of aromatic nitrogens is 1. The van der Waals surface area contributed by atoms with Gasteiger partial charge in [-0.05, 0) is 66.6 Å². The second-order valence-electron chi connectivity index (χ2n) is 6.91. The van der Waals surface area contributed by atoms with Crippen molar-refractivity contribution < 1.29 is 23.2 Å². The quantitative estimate of drug-likeness (QED) is 0.298. The molecule has 0 aliphatic heterocycles. The molecule has 32 heavy (non-hydrogen) atoms. The van der Waals surface area contributed by atoms with Crippen LogP contribution in [0.25, 0.3) is 22.5 Å². The Morgan fingerprint density at radius 1 is 1.03 bits per heavy atom. The van der Waals surface area contributed by atoms with E-state index in [0.717, 1.165) is 5.56 Å². The number of rotatable bonds is 7. The van der Waals surface area contributed by atoms with Crippen LogP contribution in [0.15, 0.2) is 77.3 Å². The highest BCUT2D eigenvalue weighted by Gasteiger charge is 2.25. The summed E-state index contributed by atoms with van der Waals surface area (Å²) in [5, 5.41) is 4.48. The monoisotopic (exact) mass is 451 g/mol. The zero-order valence-corrected chi connectivity index (χ0v) is 17.9. The van der Waals surface area contributed by atoms with E-state index in [0.29, 0.717) is 33.2 Å². The minimum Gasteiger partial charge on any atom is -0.489 e. The van der Waals surface area contributed by atoms with Gasteiger partial charge in [0.2, 0.25) is 0 Å². The largest absolute Gasteiger partial charge is 0.489 e. The molecule has 0 bridgehead atoms. The molecule has 0 aliphatic carbocycles. The van der Waals surface area contributed by atoms with Gasteiger partial charge >= 0.3 is 5.97 Å². The zero-order chi connectivity index (χ0) is 22.5. The Bertz CT molecular complexity index is 1240. The molecule has 0 aliphatic rings. The summed E-state index contributed by atoms with van der Waals surface area (Å²) in [6, 6.07) is 20.5. The lowest BCUT2D eigenvalue weighted by molar-refractivity contribution is 0.0515. The highest BCUT2D eigenvalue weighted by atomic mass is 35.5. The van der Waals surface area contributed by atoms with Gasteiger partial charge in [-0.15, -0.1) is 0 Å². The maximum Gasteiger partial charge on any atom is 0.361 e. The normalized spacial score (nSPS) is 10.7. The highest BCUT2D eigenvalue weighted by molar-refractivity contribution is 6.30. The summed E-state index contributed by atoms with van der Waals surface area (Å²) in [5.74, 6) is 0.129. The maximum absolute atomic E-state index is 13.3. The molecule has 0 atom stereocenters. The molecule has 1 heterocycles. The molecule has 4 rings (SSSR count). The molecule has 1 aromatic heterocycles. The van der Waals surface area contributed by atoms with Crippen LogP contribution in [0.3, 0.4) is 0 Å². The number of carbonyl (C=O) groups is 1. The van der Waals surface area contributed by atoms with Crippen LogP contribution < -0.4 is 4.74 Å². The van der Waals surface area contributed by atoms with Crippen LogP contribution in [0.2, 0.25) is 5.02 Å². The van der Waals surface area contributed by atoms with E-state index in [-0.39, 0.29) is 24.7 Å². The Balaban J connectivity index is 1.63. The molecule has 0 saturated heterocycles. The predicted molar refractivity (Wildman–Crippen MR) is 119 cm³/mol. The van der Waals surface area contributed by atoms with Crippen LogP contribution in [0.1, 0.15) is 23.0 Å². The minimum atomic E-state index is -0.576. The fourth-order valence-electron chi connectivity index (χ4n) is 3.23. The van der Waals surface area contributed by atoms with Crippen LogP contribution >= 0.6 is 11.6 Å². The van der Waals surface area contributed by atoms with Crippen molar-refractivity contribution in [3.05, 3.63) is 94.9 Å². The minimum absolute atomic E-state index is 0.0792.